The van der Waals surface area contributed by atoms with Gasteiger partial charge in [0, 0.05) is 29.9 Å². The number of carbonyl (C=O) groups excluding carboxylic acids is 3. The van der Waals surface area contributed by atoms with Crippen LogP contribution in [0.15, 0.2) is 78.9 Å². The van der Waals surface area contributed by atoms with Crippen LogP contribution in [0.5, 0.6) is 0 Å². The molecular formula is C34H35ClN4O3. The van der Waals surface area contributed by atoms with Gasteiger partial charge in [-0.15, -0.1) is 0 Å². The van der Waals surface area contributed by atoms with Gasteiger partial charge in [-0.3, -0.25) is 14.4 Å². The Morgan fingerprint density at radius 3 is 2.21 bits per heavy atom. The third kappa shape index (κ3) is 4.96. The lowest BCUT2D eigenvalue weighted by atomic mass is 9.85. The second kappa shape index (κ2) is 10.6. The molecule has 7 nitrogen and oxygen atoms in total. The third-order valence-electron chi connectivity index (χ3n) is 8.79. The summed E-state index contributed by atoms with van der Waals surface area (Å²) in [7, 11) is 0. The third-order valence-corrected chi connectivity index (χ3v) is 9.12. The number of halogens is 1. The summed E-state index contributed by atoms with van der Waals surface area (Å²) in [5.74, 6) is -0.466. The number of H-pyrrole nitrogens is 1. The average Bonchev–Trinajstić information content (AvgIpc) is 3.65. The first-order chi connectivity index (χ1) is 20.0. The molecule has 4 atom stereocenters. The van der Waals surface area contributed by atoms with Crippen LogP contribution in [0.1, 0.15) is 48.5 Å². The molecule has 3 heterocycles. The molecule has 0 radical (unpaired) electrons. The van der Waals surface area contributed by atoms with Gasteiger partial charge in [0.1, 0.15) is 11.7 Å². The Balaban J connectivity index is 1.20. The van der Waals surface area contributed by atoms with Crippen molar-refractivity contribution in [3.8, 4) is 11.1 Å². The molecule has 3 aromatic carbocycles. The van der Waals surface area contributed by atoms with Gasteiger partial charge >= 0.3 is 0 Å². The standard InChI is InChI=1S/C34H35ClN4O3/c1-20-28-19-39(33(42)30(34(2,3)4)37-31(40)27-17-23-12-8-9-13-26(23)36-27)29(20)18-38(28)32(41)24-16-22(14-15-25(24)35)21-10-6-5-7-11-21/h5-17,20,28-30,36H,18-19H2,1-4H3,(H,37,40). The molecule has 6 rings (SSSR count). The van der Waals surface area contributed by atoms with Crippen molar-refractivity contribution in [1.29, 1.82) is 0 Å². The number of hydrogen-bond donors (Lipinski definition) is 2. The highest BCUT2D eigenvalue weighted by Crippen LogP contribution is 2.39. The van der Waals surface area contributed by atoms with Crippen LogP contribution in [-0.4, -0.2) is 63.7 Å². The van der Waals surface area contributed by atoms with E-state index in [4.69, 9.17) is 11.6 Å². The lowest BCUT2D eigenvalue weighted by Gasteiger charge is -2.39. The van der Waals surface area contributed by atoms with Gasteiger partial charge in [0.05, 0.1) is 22.7 Å². The maximum Gasteiger partial charge on any atom is 0.268 e. The molecule has 3 amide bonds. The summed E-state index contributed by atoms with van der Waals surface area (Å²) in [4.78, 5) is 48.0. The van der Waals surface area contributed by atoms with E-state index < -0.39 is 11.5 Å². The smallest absolute Gasteiger partial charge is 0.268 e. The summed E-state index contributed by atoms with van der Waals surface area (Å²) in [6.45, 7) is 8.80. The maximum atomic E-state index is 14.0. The number of benzene rings is 3. The van der Waals surface area contributed by atoms with Gasteiger partial charge < -0.3 is 20.1 Å². The van der Waals surface area contributed by atoms with Crippen molar-refractivity contribution < 1.29 is 14.4 Å². The Morgan fingerprint density at radius 1 is 0.881 bits per heavy atom. The van der Waals surface area contributed by atoms with Crippen LogP contribution in [0.2, 0.25) is 5.02 Å². The summed E-state index contributed by atoms with van der Waals surface area (Å²) in [6, 6.07) is 23.9. The zero-order valence-corrected chi connectivity index (χ0v) is 25.0. The largest absolute Gasteiger partial charge is 0.351 e. The van der Waals surface area contributed by atoms with Crippen LogP contribution in [0, 0.1) is 11.3 Å². The predicted molar refractivity (Wildman–Crippen MR) is 165 cm³/mol. The molecule has 2 bridgehead atoms. The van der Waals surface area contributed by atoms with Crippen molar-refractivity contribution in [3.05, 3.63) is 95.1 Å². The van der Waals surface area contributed by atoms with Gasteiger partial charge in [0.15, 0.2) is 0 Å². The number of rotatable bonds is 5. The number of amides is 3. The lowest BCUT2D eigenvalue weighted by Crippen LogP contribution is -2.59. The number of aromatic nitrogens is 1. The van der Waals surface area contributed by atoms with Crippen LogP contribution in [0.3, 0.4) is 0 Å². The number of carbonyl (C=O) groups is 3. The molecular weight excluding hydrogens is 548 g/mol. The average molecular weight is 583 g/mol. The van der Waals surface area contributed by atoms with Crippen LogP contribution in [-0.2, 0) is 4.79 Å². The van der Waals surface area contributed by atoms with Crippen LogP contribution in [0.4, 0.5) is 0 Å². The number of nitrogens with zero attached hydrogens (tertiary/aromatic N) is 2. The summed E-state index contributed by atoms with van der Waals surface area (Å²) < 4.78 is 0. The highest BCUT2D eigenvalue weighted by molar-refractivity contribution is 6.34. The summed E-state index contributed by atoms with van der Waals surface area (Å²) in [6.07, 6.45) is 0. The molecule has 8 heteroatoms. The van der Waals surface area contributed by atoms with E-state index in [-0.39, 0.29) is 35.7 Å². The molecule has 2 fully saturated rings. The SMILES string of the molecule is CC1C2CN(C(=O)C(NC(=O)c3cc4ccccc4[nH]3)C(C)(C)C)C1CN2C(=O)c1cc(-c2ccccc2)ccc1Cl. The van der Waals surface area contributed by atoms with Crippen molar-refractivity contribution in [3.63, 3.8) is 0 Å². The molecule has 2 saturated heterocycles. The fraction of sp³-hybridized carbons (Fsp3) is 0.324. The Hall–Kier alpha value is -4.10. The van der Waals surface area contributed by atoms with E-state index in [2.05, 4.69) is 17.2 Å². The van der Waals surface area contributed by atoms with Crippen molar-refractivity contribution in [2.45, 2.75) is 45.8 Å². The van der Waals surface area contributed by atoms with E-state index >= 15 is 0 Å². The minimum absolute atomic E-state index is 0.0963. The fourth-order valence-electron chi connectivity index (χ4n) is 6.39. The number of nitrogens with one attached hydrogen (secondary N) is 2. The number of para-hydroxylation sites is 1. The molecule has 2 N–H and O–H groups in total. The first-order valence-electron chi connectivity index (χ1n) is 14.4. The predicted octanol–water partition coefficient (Wildman–Crippen LogP) is 6.00. The molecule has 1 aromatic heterocycles. The van der Waals surface area contributed by atoms with Crippen LogP contribution in [0.25, 0.3) is 22.0 Å². The van der Waals surface area contributed by atoms with Crippen LogP contribution >= 0.6 is 11.6 Å². The highest BCUT2D eigenvalue weighted by atomic mass is 35.5. The Bertz CT molecular complexity index is 1640. The molecule has 4 aromatic rings. The first-order valence-corrected chi connectivity index (χ1v) is 14.8. The lowest BCUT2D eigenvalue weighted by molar-refractivity contribution is -0.138. The summed E-state index contributed by atoms with van der Waals surface area (Å²) >= 11 is 6.54. The van der Waals surface area contributed by atoms with E-state index in [0.717, 1.165) is 22.0 Å². The topological polar surface area (TPSA) is 85.5 Å². The number of hydrogen-bond acceptors (Lipinski definition) is 3. The van der Waals surface area contributed by atoms with Crippen molar-refractivity contribution in [2.75, 3.05) is 13.1 Å². The summed E-state index contributed by atoms with van der Waals surface area (Å²) in [5, 5.41) is 4.36. The van der Waals surface area contributed by atoms with E-state index in [9.17, 15) is 14.4 Å². The minimum atomic E-state index is -0.732. The quantitative estimate of drug-likeness (QED) is 0.302. The fourth-order valence-corrected chi connectivity index (χ4v) is 6.59. The van der Waals surface area contributed by atoms with Gasteiger partial charge in [0.2, 0.25) is 5.91 Å². The van der Waals surface area contributed by atoms with E-state index in [1.807, 2.05) is 97.3 Å². The van der Waals surface area contributed by atoms with Crippen LogP contribution < -0.4 is 5.32 Å². The van der Waals surface area contributed by atoms with Crippen molar-refractivity contribution >= 4 is 40.2 Å². The van der Waals surface area contributed by atoms with E-state index in [1.54, 1.807) is 12.1 Å². The summed E-state index contributed by atoms with van der Waals surface area (Å²) in [5.41, 5.74) is 3.17. The Morgan fingerprint density at radius 2 is 1.55 bits per heavy atom. The Labute approximate surface area is 250 Å². The molecule has 42 heavy (non-hydrogen) atoms. The van der Waals surface area contributed by atoms with Gasteiger partial charge in [-0.05, 0) is 40.8 Å². The van der Waals surface area contributed by atoms with E-state index in [0.29, 0.717) is 29.4 Å². The number of piperazine rings is 1. The van der Waals surface area contributed by atoms with Crippen molar-refractivity contribution in [1.82, 2.24) is 20.1 Å². The zero-order chi connectivity index (χ0) is 29.8. The molecule has 0 saturated carbocycles. The zero-order valence-electron chi connectivity index (χ0n) is 24.2. The van der Waals surface area contributed by atoms with Gasteiger partial charge in [-0.1, -0.05) is 93.9 Å². The molecule has 216 valence electrons. The number of aromatic amines is 1. The van der Waals surface area contributed by atoms with Gasteiger partial charge in [0.25, 0.3) is 11.8 Å². The second-order valence-corrected chi connectivity index (χ2v) is 13.0. The number of fused-ring (bicyclic) bond motifs is 3. The minimum Gasteiger partial charge on any atom is -0.351 e. The highest BCUT2D eigenvalue weighted by Gasteiger charge is 2.54. The molecule has 4 unspecified atom stereocenters. The normalized spacial score (nSPS) is 20.6. The number of likely N-dealkylation sites (tertiary alicyclic amines) is 2. The molecule has 0 spiro atoms. The molecule has 2 aliphatic rings. The van der Waals surface area contributed by atoms with Gasteiger partial charge in [-0.2, -0.15) is 0 Å². The Kier molecular flexibility index (Phi) is 7.09. The monoisotopic (exact) mass is 582 g/mol. The van der Waals surface area contributed by atoms with Crippen molar-refractivity contribution in [2.24, 2.45) is 11.3 Å². The molecule has 0 aliphatic carbocycles. The first kappa shape index (κ1) is 28.0. The van der Waals surface area contributed by atoms with E-state index in [1.165, 1.54) is 0 Å². The van der Waals surface area contributed by atoms with Gasteiger partial charge in [-0.25, -0.2) is 0 Å². The maximum absolute atomic E-state index is 14.0. The second-order valence-electron chi connectivity index (χ2n) is 12.5. The molecule has 2 aliphatic heterocycles.